The SMILES string of the molecule is CCCC/N=C/c1ccccc1C1=C(N(C)C)C=CC1. The normalized spacial score (nSPS) is 14.6. The van der Waals surface area contributed by atoms with Crippen molar-refractivity contribution < 1.29 is 0 Å². The highest BCUT2D eigenvalue weighted by Gasteiger charge is 2.14. The Bertz CT molecular complexity index is 536. The standard InChI is InChI=1S/C18H24N2/c1-4-5-13-19-14-15-9-6-7-10-16(15)17-11-8-12-18(17)20(2)3/h6-10,12,14H,4-5,11,13H2,1-3H3/b19-14+. The summed E-state index contributed by atoms with van der Waals surface area (Å²) in [4.78, 5) is 6.74. The van der Waals surface area contributed by atoms with Crippen molar-refractivity contribution >= 4 is 11.8 Å². The van der Waals surface area contributed by atoms with E-state index in [0.29, 0.717) is 0 Å². The van der Waals surface area contributed by atoms with Crippen molar-refractivity contribution in [2.24, 2.45) is 4.99 Å². The van der Waals surface area contributed by atoms with Crippen molar-refractivity contribution in [2.75, 3.05) is 20.6 Å². The molecule has 2 heteroatoms. The summed E-state index contributed by atoms with van der Waals surface area (Å²) >= 11 is 0. The Labute approximate surface area is 122 Å². The molecule has 0 fully saturated rings. The highest BCUT2D eigenvalue weighted by Crippen LogP contribution is 2.31. The lowest BCUT2D eigenvalue weighted by Crippen LogP contribution is -2.10. The smallest absolute Gasteiger partial charge is 0.0399 e. The molecule has 0 spiro atoms. The molecule has 1 aromatic carbocycles. The molecule has 0 saturated carbocycles. The molecule has 0 aliphatic heterocycles. The monoisotopic (exact) mass is 268 g/mol. The second-order valence-electron chi connectivity index (χ2n) is 5.34. The van der Waals surface area contributed by atoms with Crippen LogP contribution in [0.5, 0.6) is 0 Å². The first-order chi connectivity index (χ1) is 9.74. The van der Waals surface area contributed by atoms with Gasteiger partial charge in [-0.1, -0.05) is 43.7 Å². The van der Waals surface area contributed by atoms with Gasteiger partial charge in [0.1, 0.15) is 0 Å². The number of unbranched alkanes of at least 4 members (excludes halogenated alkanes) is 1. The maximum absolute atomic E-state index is 4.55. The van der Waals surface area contributed by atoms with E-state index < -0.39 is 0 Å². The molecule has 0 saturated heterocycles. The molecule has 106 valence electrons. The second-order valence-corrected chi connectivity index (χ2v) is 5.34. The molecular formula is C18H24N2. The molecule has 0 bridgehead atoms. The Hall–Kier alpha value is -1.83. The van der Waals surface area contributed by atoms with Gasteiger partial charge in [-0.2, -0.15) is 0 Å². The summed E-state index contributed by atoms with van der Waals surface area (Å²) < 4.78 is 0. The highest BCUT2D eigenvalue weighted by molar-refractivity contribution is 5.90. The van der Waals surface area contributed by atoms with E-state index in [0.717, 1.165) is 19.4 Å². The minimum Gasteiger partial charge on any atom is -0.377 e. The molecule has 0 aromatic heterocycles. The van der Waals surface area contributed by atoms with Gasteiger partial charge in [-0.05, 0) is 35.6 Å². The van der Waals surface area contributed by atoms with E-state index in [-0.39, 0.29) is 0 Å². The molecular weight excluding hydrogens is 244 g/mol. The van der Waals surface area contributed by atoms with Gasteiger partial charge >= 0.3 is 0 Å². The molecule has 0 heterocycles. The fraction of sp³-hybridized carbons (Fsp3) is 0.389. The van der Waals surface area contributed by atoms with Crippen LogP contribution in [0.15, 0.2) is 47.1 Å². The summed E-state index contributed by atoms with van der Waals surface area (Å²) in [6, 6.07) is 8.55. The first kappa shape index (κ1) is 14.6. The molecule has 0 amide bonds. The molecule has 2 nitrogen and oxygen atoms in total. The van der Waals surface area contributed by atoms with E-state index in [2.05, 4.69) is 67.3 Å². The average Bonchev–Trinajstić information content (AvgIpc) is 2.93. The summed E-state index contributed by atoms with van der Waals surface area (Å²) in [6.07, 6.45) is 9.83. The third kappa shape index (κ3) is 3.38. The summed E-state index contributed by atoms with van der Waals surface area (Å²) in [5, 5.41) is 0. The zero-order valence-electron chi connectivity index (χ0n) is 12.8. The van der Waals surface area contributed by atoms with Crippen LogP contribution in [0.3, 0.4) is 0 Å². The number of hydrogen-bond acceptors (Lipinski definition) is 2. The largest absolute Gasteiger partial charge is 0.377 e. The fourth-order valence-electron chi connectivity index (χ4n) is 2.46. The molecule has 2 rings (SSSR count). The van der Waals surface area contributed by atoms with E-state index in [1.165, 1.54) is 28.8 Å². The van der Waals surface area contributed by atoms with Crippen LogP contribution in [0.4, 0.5) is 0 Å². The summed E-state index contributed by atoms with van der Waals surface area (Å²) in [5.74, 6) is 0. The van der Waals surface area contributed by atoms with Crippen LogP contribution in [0.2, 0.25) is 0 Å². The van der Waals surface area contributed by atoms with Crippen molar-refractivity contribution in [1.82, 2.24) is 4.90 Å². The van der Waals surface area contributed by atoms with E-state index in [1.54, 1.807) is 0 Å². The van der Waals surface area contributed by atoms with Gasteiger partial charge in [0, 0.05) is 32.6 Å². The molecule has 1 aromatic rings. The van der Waals surface area contributed by atoms with Gasteiger partial charge in [0.05, 0.1) is 0 Å². The van der Waals surface area contributed by atoms with Gasteiger partial charge in [-0.25, -0.2) is 0 Å². The predicted octanol–water partition coefficient (Wildman–Crippen LogP) is 4.14. The van der Waals surface area contributed by atoms with Gasteiger partial charge in [-0.15, -0.1) is 0 Å². The molecule has 0 N–H and O–H groups in total. The van der Waals surface area contributed by atoms with Gasteiger partial charge in [-0.3, -0.25) is 4.99 Å². The second kappa shape index (κ2) is 7.09. The summed E-state index contributed by atoms with van der Waals surface area (Å²) in [7, 11) is 4.20. The molecule has 0 radical (unpaired) electrons. The number of allylic oxidation sites excluding steroid dienone is 3. The Morgan fingerprint density at radius 2 is 2.05 bits per heavy atom. The molecule has 0 atom stereocenters. The molecule has 20 heavy (non-hydrogen) atoms. The Balaban J connectivity index is 2.29. The van der Waals surface area contributed by atoms with Gasteiger partial charge in [0.2, 0.25) is 0 Å². The van der Waals surface area contributed by atoms with E-state index in [1.807, 2.05) is 6.21 Å². The third-order valence-corrected chi connectivity index (χ3v) is 3.55. The lowest BCUT2D eigenvalue weighted by Gasteiger charge is -2.17. The van der Waals surface area contributed by atoms with Crippen LogP contribution in [0, 0.1) is 0 Å². The van der Waals surface area contributed by atoms with Gasteiger partial charge in [0.15, 0.2) is 0 Å². The van der Waals surface area contributed by atoms with Crippen molar-refractivity contribution in [3.63, 3.8) is 0 Å². The minimum absolute atomic E-state index is 0.919. The van der Waals surface area contributed by atoms with Crippen molar-refractivity contribution in [1.29, 1.82) is 0 Å². The average molecular weight is 268 g/mol. The number of nitrogens with zero attached hydrogens (tertiary/aromatic N) is 2. The van der Waals surface area contributed by atoms with Crippen LogP contribution >= 0.6 is 0 Å². The Kier molecular flexibility index (Phi) is 5.16. The van der Waals surface area contributed by atoms with Crippen molar-refractivity contribution in [2.45, 2.75) is 26.2 Å². The number of rotatable bonds is 6. The number of hydrogen-bond donors (Lipinski definition) is 0. The fourth-order valence-corrected chi connectivity index (χ4v) is 2.46. The molecule has 0 unspecified atom stereocenters. The first-order valence-corrected chi connectivity index (χ1v) is 7.40. The zero-order chi connectivity index (χ0) is 14.4. The molecule has 1 aliphatic carbocycles. The summed E-state index contributed by atoms with van der Waals surface area (Å²) in [5.41, 5.74) is 5.23. The molecule has 1 aliphatic rings. The zero-order valence-corrected chi connectivity index (χ0v) is 12.8. The Morgan fingerprint density at radius 1 is 1.25 bits per heavy atom. The third-order valence-electron chi connectivity index (χ3n) is 3.55. The highest BCUT2D eigenvalue weighted by atomic mass is 15.1. The Morgan fingerprint density at radius 3 is 2.80 bits per heavy atom. The van der Waals surface area contributed by atoms with Crippen LogP contribution in [-0.2, 0) is 0 Å². The van der Waals surface area contributed by atoms with Crippen molar-refractivity contribution in [3.05, 3.63) is 53.2 Å². The van der Waals surface area contributed by atoms with Crippen molar-refractivity contribution in [3.8, 4) is 0 Å². The quantitative estimate of drug-likeness (QED) is 0.559. The maximum atomic E-state index is 4.55. The topological polar surface area (TPSA) is 15.6 Å². The number of benzene rings is 1. The van der Waals surface area contributed by atoms with Crippen LogP contribution in [-0.4, -0.2) is 31.8 Å². The summed E-state index contributed by atoms with van der Waals surface area (Å²) in [6.45, 7) is 3.12. The van der Waals surface area contributed by atoms with E-state index in [4.69, 9.17) is 0 Å². The van der Waals surface area contributed by atoms with E-state index in [9.17, 15) is 0 Å². The predicted molar refractivity (Wildman–Crippen MR) is 88.2 cm³/mol. The first-order valence-electron chi connectivity index (χ1n) is 7.40. The lowest BCUT2D eigenvalue weighted by atomic mass is 9.98. The lowest BCUT2D eigenvalue weighted by molar-refractivity contribution is 0.533. The van der Waals surface area contributed by atoms with Crippen LogP contribution < -0.4 is 0 Å². The van der Waals surface area contributed by atoms with Crippen LogP contribution in [0.25, 0.3) is 5.57 Å². The van der Waals surface area contributed by atoms with Gasteiger partial charge in [0.25, 0.3) is 0 Å². The van der Waals surface area contributed by atoms with Crippen LogP contribution in [0.1, 0.15) is 37.3 Å². The number of likely N-dealkylation sites (N-methyl/N-ethyl adjacent to an activating group) is 1. The van der Waals surface area contributed by atoms with E-state index >= 15 is 0 Å². The number of aliphatic imine (C=N–C) groups is 1. The van der Waals surface area contributed by atoms with Gasteiger partial charge < -0.3 is 4.90 Å². The maximum Gasteiger partial charge on any atom is 0.0399 e. The minimum atomic E-state index is 0.919.